The van der Waals surface area contributed by atoms with E-state index in [1.165, 1.54) is 6.07 Å². The second-order valence-electron chi connectivity index (χ2n) is 4.97. The highest BCUT2D eigenvalue weighted by Gasteiger charge is 2.25. The number of piperazine rings is 1. The van der Waals surface area contributed by atoms with Crippen LogP contribution in [-0.4, -0.2) is 48.4 Å². The van der Waals surface area contributed by atoms with Gasteiger partial charge in [-0.25, -0.2) is 4.39 Å². The SMILES string of the molecule is CC1CN(C)CCN1C(=O)Cc1ccccc1F. The third-order valence-electron chi connectivity index (χ3n) is 3.45. The number of benzene rings is 1. The molecule has 98 valence electrons. The highest BCUT2D eigenvalue weighted by molar-refractivity contribution is 5.79. The lowest BCUT2D eigenvalue weighted by Crippen LogP contribution is -2.53. The first-order valence-electron chi connectivity index (χ1n) is 6.29. The first kappa shape index (κ1) is 13.0. The van der Waals surface area contributed by atoms with E-state index in [0.29, 0.717) is 5.56 Å². The fourth-order valence-electron chi connectivity index (χ4n) is 2.42. The summed E-state index contributed by atoms with van der Waals surface area (Å²) in [6, 6.07) is 6.67. The monoisotopic (exact) mass is 250 g/mol. The molecular weight excluding hydrogens is 231 g/mol. The van der Waals surface area contributed by atoms with Crippen molar-refractivity contribution in [2.24, 2.45) is 0 Å². The fourth-order valence-corrected chi connectivity index (χ4v) is 2.42. The van der Waals surface area contributed by atoms with Gasteiger partial charge in [-0.3, -0.25) is 4.79 Å². The van der Waals surface area contributed by atoms with Crippen LogP contribution in [0.3, 0.4) is 0 Å². The molecule has 1 aliphatic rings. The quantitative estimate of drug-likeness (QED) is 0.794. The summed E-state index contributed by atoms with van der Waals surface area (Å²) >= 11 is 0. The zero-order valence-electron chi connectivity index (χ0n) is 10.9. The smallest absolute Gasteiger partial charge is 0.227 e. The Labute approximate surface area is 107 Å². The highest BCUT2D eigenvalue weighted by atomic mass is 19.1. The van der Waals surface area contributed by atoms with Crippen molar-refractivity contribution < 1.29 is 9.18 Å². The van der Waals surface area contributed by atoms with E-state index in [1.807, 2.05) is 11.8 Å². The molecule has 18 heavy (non-hydrogen) atoms. The Bertz CT molecular complexity index is 436. The van der Waals surface area contributed by atoms with E-state index in [-0.39, 0.29) is 24.2 Å². The molecule has 0 bridgehead atoms. The Morgan fingerprint density at radius 2 is 2.11 bits per heavy atom. The van der Waals surface area contributed by atoms with E-state index < -0.39 is 0 Å². The molecule has 1 aliphatic heterocycles. The summed E-state index contributed by atoms with van der Waals surface area (Å²) in [5, 5.41) is 0. The van der Waals surface area contributed by atoms with Crippen LogP contribution in [0.4, 0.5) is 4.39 Å². The van der Waals surface area contributed by atoms with Gasteiger partial charge in [0.2, 0.25) is 5.91 Å². The van der Waals surface area contributed by atoms with Gasteiger partial charge in [0.15, 0.2) is 0 Å². The molecule has 0 saturated carbocycles. The number of amides is 1. The molecule has 1 aromatic rings. The molecule has 1 fully saturated rings. The summed E-state index contributed by atoms with van der Waals surface area (Å²) in [5.74, 6) is -0.284. The Morgan fingerprint density at radius 3 is 2.78 bits per heavy atom. The van der Waals surface area contributed by atoms with E-state index >= 15 is 0 Å². The van der Waals surface area contributed by atoms with E-state index in [1.54, 1.807) is 18.2 Å². The van der Waals surface area contributed by atoms with Gasteiger partial charge in [0.1, 0.15) is 5.82 Å². The minimum absolute atomic E-state index is 0.0145. The number of hydrogen-bond acceptors (Lipinski definition) is 2. The summed E-state index contributed by atoms with van der Waals surface area (Å²) < 4.78 is 13.5. The van der Waals surface area contributed by atoms with Gasteiger partial charge in [-0.1, -0.05) is 18.2 Å². The maximum Gasteiger partial charge on any atom is 0.227 e. The van der Waals surface area contributed by atoms with Crippen LogP contribution in [0.2, 0.25) is 0 Å². The number of halogens is 1. The molecular formula is C14H19FN2O. The molecule has 1 unspecified atom stereocenters. The molecule has 0 N–H and O–H groups in total. The third kappa shape index (κ3) is 2.88. The van der Waals surface area contributed by atoms with Crippen molar-refractivity contribution in [1.29, 1.82) is 0 Å². The third-order valence-corrected chi connectivity index (χ3v) is 3.45. The largest absolute Gasteiger partial charge is 0.337 e. The molecule has 0 spiro atoms. The second kappa shape index (κ2) is 5.48. The number of rotatable bonds is 2. The molecule has 3 nitrogen and oxygen atoms in total. The van der Waals surface area contributed by atoms with Crippen LogP contribution in [0.15, 0.2) is 24.3 Å². The Hall–Kier alpha value is -1.42. The standard InChI is InChI=1S/C14H19FN2O/c1-11-10-16(2)7-8-17(11)14(18)9-12-5-3-4-6-13(12)15/h3-6,11H,7-10H2,1-2H3. The second-order valence-corrected chi connectivity index (χ2v) is 4.97. The minimum Gasteiger partial charge on any atom is -0.337 e. The molecule has 1 saturated heterocycles. The van der Waals surface area contributed by atoms with Crippen molar-refractivity contribution in [3.8, 4) is 0 Å². The molecule has 1 heterocycles. The Kier molecular flexibility index (Phi) is 3.97. The fraction of sp³-hybridized carbons (Fsp3) is 0.500. The van der Waals surface area contributed by atoms with Crippen LogP contribution in [-0.2, 0) is 11.2 Å². The van der Waals surface area contributed by atoms with E-state index in [2.05, 4.69) is 11.9 Å². The first-order valence-corrected chi connectivity index (χ1v) is 6.29. The van der Waals surface area contributed by atoms with Crippen molar-refractivity contribution in [3.63, 3.8) is 0 Å². The van der Waals surface area contributed by atoms with Gasteiger partial charge in [0.25, 0.3) is 0 Å². The molecule has 1 amide bonds. The van der Waals surface area contributed by atoms with E-state index in [9.17, 15) is 9.18 Å². The topological polar surface area (TPSA) is 23.6 Å². The summed E-state index contributed by atoms with van der Waals surface area (Å²) in [6.07, 6.45) is 0.153. The number of carbonyl (C=O) groups is 1. The maximum absolute atomic E-state index is 13.5. The van der Waals surface area contributed by atoms with Crippen LogP contribution in [0.5, 0.6) is 0 Å². The Balaban J connectivity index is 2.02. The zero-order chi connectivity index (χ0) is 13.1. The molecule has 4 heteroatoms. The lowest BCUT2D eigenvalue weighted by atomic mass is 10.1. The van der Waals surface area contributed by atoms with Gasteiger partial charge in [-0.2, -0.15) is 0 Å². The number of carbonyl (C=O) groups excluding carboxylic acids is 1. The lowest BCUT2D eigenvalue weighted by Gasteiger charge is -2.38. The van der Waals surface area contributed by atoms with Crippen LogP contribution >= 0.6 is 0 Å². The molecule has 0 radical (unpaired) electrons. The summed E-state index contributed by atoms with van der Waals surface area (Å²) in [7, 11) is 2.05. The highest BCUT2D eigenvalue weighted by Crippen LogP contribution is 2.13. The van der Waals surface area contributed by atoms with Gasteiger partial charge in [-0.15, -0.1) is 0 Å². The Morgan fingerprint density at radius 1 is 1.39 bits per heavy atom. The van der Waals surface area contributed by atoms with Gasteiger partial charge in [0.05, 0.1) is 6.42 Å². The summed E-state index contributed by atoms with van der Waals surface area (Å²) in [5.41, 5.74) is 0.480. The van der Waals surface area contributed by atoms with E-state index in [0.717, 1.165) is 19.6 Å². The average molecular weight is 250 g/mol. The molecule has 1 aromatic carbocycles. The van der Waals surface area contributed by atoms with Gasteiger partial charge >= 0.3 is 0 Å². The van der Waals surface area contributed by atoms with Crippen LogP contribution < -0.4 is 0 Å². The van der Waals surface area contributed by atoms with Crippen molar-refractivity contribution in [1.82, 2.24) is 9.80 Å². The number of hydrogen-bond donors (Lipinski definition) is 0. The van der Waals surface area contributed by atoms with Crippen LogP contribution in [0.1, 0.15) is 12.5 Å². The lowest BCUT2D eigenvalue weighted by molar-refractivity contribution is -0.134. The van der Waals surface area contributed by atoms with E-state index in [4.69, 9.17) is 0 Å². The molecule has 1 atom stereocenters. The summed E-state index contributed by atoms with van der Waals surface area (Å²) in [6.45, 7) is 4.52. The van der Waals surface area contributed by atoms with Crippen LogP contribution in [0.25, 0.3) is 0 Å². The van der Waals surface area contributed by atoms with Crippen molar-refractivity contribution >= 4 is 5.91 Å². The first-order chi connectivity index (χ1) is 8.58. The van der Waals surface area contributed by atoms with Gasteiger partial charge < -0.3 is 9.80 Å². The zero-order valence-corrected chi connectivity index (χ0v) is 10.9. The predicted molar refractivity (Wildman–Crippen MR) is 68.8 cm³/mol. The maximum atomic E-state index is 13.5. The normalized spacial score (nSPS) is 21.1. The van der Waals surface area contributed by atoms with Gasteiger partial charge in [-0.05, 0) is 25.6 Å². The molecule has 0 aliphatic carbocycles. The number of nitrogens with zero attached hydrogens (tertiary/aromatic N) is 2. The minimum atomic E-state index is -0.298. The number of likely N-dealkylation sites (N-methyl/N-ethyl adjacent to an activating group) is 1. The predicted octanol–water partition coefficient (Wildman–Crippen LogP) is 1.53. The van der Waals surface area contributed by atoms with Gasteiger partial charge in [0, 0.05) is 25.7 Å². The molecule has 0 aromatic heterocycles. The van der Waals surface area contributed by atoms with Crippen molar-refractivity contribution in [3.05, 3.63) is 35.6 Å². The molecule has 2 rings (SSSR count). The summed E-state index contributed by atoms with van der Waals surface area (Å²) in [4.78, 5) is 16.2. The van der Waals surface area contributed by atoms with Crippen LogP contribution in [0, 0.1) is 5.82 Å². The average Bonchev–Trinajstić information content (AvgIpc) is 2.32. The van der Waals surface area contributed by atoms with Crippen molar-refractivity contribution in [2.45, 2.75) is 19.4 Å². The van der Waals surface area contributed by atoms with Crippen molar-refractivity contribution in [2.75, 3.05) is 26.7 Å².